The van der Waals surface area contributed by atoms with Gasteiger partial charge in [-0.25, -0.2) is 13.1 Å². The second-order valence-electron chi connectivity index (χ2n) is 8.60. The van der Waals surface area contributed by atoms with Gasteiger partial charge in [-0.3, -0.25) is 4.90 Å². The summed E-state index contributed by atoms with van der Waals surface area (Å²) < 4.78 is 28.0. The third-order valence-corrected chi connectivity index (χ3v) is 7.73. The molecule has 1 fully saturated rings. The Kier molecular flexibility index (Phi) is 5.85. The molecule has 6 nitrogen and oxygen atoms in total. The summed E-state index contributed by atoms with van der Waals surface area (Å²) in [6.45, 7) is 9.89. The summed E-state index contributed by atoms with van der Waals surface area (Å²) in [6, 6.07) is 8.48. The molecule has 0 amide bonds. The molecule has 0 aliphatic carbocycles. The lowest BCUT2D eigenvalue weighted by molar-refractivity contribution is 0.164. The fraction of sp³-hybridized carbons (Fsp3) is 0.600. The first-order valence-electron chi connectivity index (χ1n) is 9.71. The van der Waals surface area contributed by atoms with Crippen LogP contribution in [0.4, 0.5) is 0 Å². The monoisotopic (exact) mass is 422 g/mol. The van der Waals surface area contributed by atoms with Gasteiger partial charge in [-0.05, 0) is 36.2 Å². The van der Waals surface area contributed by atoms with Gasteiger partial charge in [-0.15, -0.1) is 0 Å². The molecule has 0 bridgehead atoms. The van der Waals surface area contributed by atoms with Crippen molar-refractivity contribution in [3.63, 3.8) is 0 Å². The molecule has 1 aliphatic heterocycles. The van der Waals surface area contributed by atoms with Crippen LogP contribution < -0.4 is 0 Å². The summed E-state index contributed by atoms with van der Waals surface area (Å²) in [5.41, 5.74) is 2.40. The Morgan fingerprint density at radius 2 is 1.89 bits per heavy atom. The number of nitrogens with zero attached hydrogens (tertiary/aromatic N) is 4. The lowest BCUT2D eigenvalue weighted by atomic mass is 9.87. The smallest absolute Gasteiger partial charge is 0.199 e. The summed E-state index contributed by atoms with van der Waals surface area (Å²) in [5, 5.41) is 4.75. The van der Waals surface area contributed by atoms with E-state index in [0.717, 1.165) is 17.9 Å². The molecule has 3 rings (SSSR count). The van der Waals surface area contributed by atoms with Gasteiger partial charge in [0, 0.05) is 18.7 Å². The van der Waals surface area contributed by atoms with E-state index < -0.39 is 9.84 Å². The Labute approximate surface area is 173 Å². The van der Waals surface area contributed by atoms with Gasteiger partial charge in [0.15, 0.2) is 20.4 Å². The summed E-state index contributed by atoms with van der Waals surface area (Å²) in [7, 11) is -0.992. The van der Waals surface area contributed by atoms with Crippen LogP contribution in [-0.2, 0) is 29.0 Å². The Bertz CT molecular complexity index is 998. The Morgan fingerprint density at radius 1 is 1.25 bits per heavy atom. The number of hydrogen-bond acceptors (Lipinski definition) is 5. The van der Waals surface area contributed by atoms with E-state index in [4.69, 9.17) is 17.3 Å². The van der Waals surface area contributed by atoms with Crippen LogP contribution in [0.15, 0.2) is 24.3 Å². The van der Waals surface area contributed by atoms with Crippen molar-refractivity contribution in [1.82, 2.24) is 19.2 Å². The van der Waals surface area contributed by atoms with Crippen molar-refractivity contribution < 1.29 is 8.42 Å². The van der Waals surface area contributed by atoms with Gasteiger partial charge in [0.2, 0.25) is 0 Å². The molecule has 154 valence electrons. The minimum Gasteiger partial charge on any atom is -0.303 e. The van der Waals surface area contributed by atoms with Crippen LogP contribution in [0.5, 0.6) is 0 Å². The summed E-state index contributed by atoms with van der Waals surface area (Å²) in [6.07, 6.45) is 0.678. The largest absolute Gasteiger partial charge is 0.303 e. The van der Waals surface area contributed by atoms with Gasteiger partial charge < -0.3 is 4.57 Å². The molecule has 28 heavy (non-hydrogen) atoms. The zero-order valence-corrected chi connectivity index (χ0v) is 19.0. The van der Waals surface area contributed by atoms with E-state index in [-0.39, 0.29) is 23.0 Å². The number of hydrogen-bond donors (Lipinski definition) is 0. The zero-order valence-electron chi connectivity index (χ0n) is 17.3. The van der Waals surface area contributed by atoms with Crippen LogP contribution in [0.1, 0.15) is 39.7 Å². The highest BCUT2D eigenvalue weighted by Crippen LogP contribution is 2.26. The SMILES string of the molecule is CCN(Cn1nc(-c2ccc(C(C)(C)C)cc2)n(C)c1=S)[C@H]1CCS(=O)(=O)C1. The van der Waals surface area contributed by atoms with Gasteiger partial charge >= 0.3 is 0 Å². The van der Waals surface area contributed by atoms with Crippen LogP contribution >= 0.6 is 12.2 Å². The van der Waals surface area contributed by atoms with Gasteiger partial charge in [0.25, 0.3) is 0 Å². The molecular formula is C20H30N4O2S2. The summed E-state index contributed by atoms with van der Waals surface area (Å²) in [4.78, 5) is 2.15. The quantitative estimate of drug-likeness (QED) is 0.692. The molecule has 1 aliphatic rings. The molecule has 1 atom stereocenters. The highest BCUT2D eigenvalue weighted by Gasteiger charge is 2.32. The van der Waals surface area contributed by atoms with Crippen LogP contribution in [0.3, 0.4) is 0 Å². The normalized spacial score (nSPS) is 19.4. The lowest BCUT2D eigenvalue weighted by Gasteiger charge is -2.25. The van der Waals surface area contributed by atoms with E-state index in [1.54, 1.807) is 4.68 Å². The predicted octanol–water partition coefficient (Wildman–Crippen LogP) is 3.38. The molecule has 2 aromatic rings. The first kappa shape index (κ1) is 21.2. The van der Waals surface area contributed by atoms with E-state index in [2.05, 4.69) is 49.9 Å². The van der Waals surface area contributed by atoms with Gasteiger partial charge in [0.1, 0.15) is 0 Å². The summed E-state index contributed by atoms with van der Waals surface area (Å²) in [5.74, 6) is 1.32. The van der Waals surface area contributed by atoms with Crippen molar-refractivity contribution >= 4 is 22.1 Å². The van der Waals surface area contributed by atoms with Crippen LogP contribution in [-0.4, -0.2) is 51.8 Å². The van der Waals surface area contributed by atoms with Gasteiger partial charge in [-0.2, -0.15) is 5.10 Å². The van der Waals surface area contributed by atoms with Crippen LogP contribution in [0.2, 0.25) is 0 Å². The molecule has 0 radical (unpaired) electrons. The minimum absolute atomic E-state index is 0.0356. The fourth-order valence-electron chi connectivity index (χ4n) is 3.66. The second kappa shape index (κ2) is 7.72. The maximum Gasteiger partial charge on any atom is 0.199 e. The third-order valence-electron chi connectivity index (χ3n) is 5.50. The van der Waals surface area contributed by atoms with Crippen LogP contribution in [0.25, 0.3) is 11.4 Å². The molecule has 1 saturated heterocycles. The number of rotatable bonds is 5. The molecule has 0 saturated carbocycles. The zero-order chi connectivity index (χ0) is 20.7. The summed E-state index contributed by atoms with van der Waals surface area (Å²) >= 11 is 5.60. The molecule has 2 heterocycles. The number of aromatic nitrogens is 3. The number of benzene rings is 1. The third kappa shape index (κ3) is 4.39. The molecule has 0 unspecified atom stereocenters. The van der Waals surface area contributed by atoms with Crippen molar-refractivity contribution in [3.8, 4) is 11.4 Å². The van der Waals surface area contributed by atoms with Crippen molar-refractivity contribution in [3.05, 3.63) is 34.6 Å². The second-order valence-corrected chi connectivity index (χ2v) is 11.2. The van der Waals surface area contributed by atoms with Gasteiger partial charge in [-0.1, -0.05) is 52.0 Å². The molecule has 8 heteroatoms. The highest BCUT2D eigenvalue weighted by atomic mass is 32.2. The molecular weight excluding hydrogens is 392 g/mol. The highest BCUT2D eigenvalue weighted by molar-refractivity contribution is 7.91. The first-order chi connectivity index (χ1) is 13.0. The standard InChI is InChI=1S/C20H30N4O2S2/c1-6-23(17-11-12-28(25,26)13-17)14-24-19(27)22(5)18(21-24)15-7-9-16(10-8-15)20(2,3)4/h7-10,17H,6,11-14H2,1-5H3/t17-/m0/s1. The maximum absolute atomic E-state index is 11.8. The Morgan fingerprint density at radius 3 is 2.39 bits per heavy atom. The van der Waals surface area contributed by atoms with E-state index in [1.807, 2.05) is 18.5 Å². The average Bonchev–Trinajstić information content (AvgIpc) is 3.12. The molecule has 1 aromatic carbocycles. The van der Waals surface area contributed by atoms with Crippen molar-refractivity contribution in [1.29, 1.82) is 0 Å². The van der Waals surface area contributed by atoms with E-state index >= 15 is 0 Å². The minimum atomic E-state index is -2.92. The van der Waals surface area contributed by atoms with E-state index in [1.165, 1.54) is 5.56 Å². The lowest BCUT2D eigenvalue weighted by Crippen LogP contribution is -2.37. The molecule has 0 N–H and O–H groups in total. The van der Waals surface area contributed by atoms with E-state index in [9.17, 15) is 8.42 Å². The Balaban J connectivity index is 1.86. The van der Waals surface area contributed by atoms with Crippen molar-refractivity contribution in [2.75, 3.05) is 18.1 Å². The Hall–Kier alpha value is -1.51. The topological polar surface area (TPSA) is 60.1 Å². The first-order valence-corrected chi connectivity index (χ1v) is 11.9. The van der Waals surface area contributed by atoms with Crippen LogP contribution in [0, 0.1) is 4.77 Å². The fourth-order valence-corrected chi connectivity index (χ4v) is 5.61. The predicted molar refractivity (Wildman–Crippen MR) is 116 cm³/mol. The molecule has 0 spiro atoms. The maximum atomic E-state index is 11.8. The van der Waals surface area contributed by atoms with Gasteiger partial charge in [0.05, 0.1) is 18.2 Å². The van der Waals surface area contributed by atoms with Crippen molar-refractivity contribution in [2.24, 2.45) is 7.05 Å². The number of sulfone groups is 1. The van der Waals surface area contributed by atoms with Crippen molar-refractivity contribution in [2.45, 2.75) is 52.2 Å². The van der Waals surface area contributed by atoms with E-state index in [0.29, 0.717) is 17.9 Å². The molecule has 1 aromatic heterocycles. The average molecular weight is 423 g/mol.